The molecular weight excluding hydrogens is 256 g/mol. The lowest BCUT2D eigenvalue weighted by molar-refractivity contribution is -0.890. The second-order valence-corrected chi connectivity index (χ2v) is 7.44. The van der Waals surface area contributed by atoms with Gasteiger partial charge in [-0.15, -0.1) is 0 Å². The lowest BCUT2D eigenvalue weighted by Gasteiger charge is -2.27. The van der Waals surface area contributed by atoms with E-state index >= 15 is 0 Å². The molecule has 0 radical (unpaired) electrons. The van der Waals surface area contributed by atoms with E-state index in [2.05, 4.69) is 21.0 Å². The average molecular weight is 300 g/mol. The standard InChI is InChI=1S/C19H43N2/c1-4-5-6-7-8-9-10-11-12-13-14-15-16-17-18-21(2,3)19-20/h4-20H2,1-3H3/q+1. The molecule has 0 saturated carbocycles. The first-order chi connectivity index (χ1) is 10.1. The lowest BCUT2D eigenvalue weighted by atomic mass is 10.0. The molecule has 0 aliphatic carbocycles. The molecule has 0 bridgehead atoms. The number of quaternary nitrogens is 1. The third-order valence-corrected chi connectivity index (χ3v) is 4.61. The SMILES string of the molecule is CCCCCCCCCCCCCCCC[N+](C)(C)CN. The Kier molecular flexibility index (Phi) is 14.8. The van der Waals surface area contributed by atoms with Crippen LogP contribution in [0.1, 0.15) is 96.8 Å². The van der Waals surface area contributed by atoms with Crippen molar-refractivity contribution >= 4 is 0 Å². The minimum absolute atomic E-state index is 0.762. The highest BCUT2D eigenvalue weighted by atomic mass is 15.3. The van der Waals surface area contributed by atoms with Crippen molar-refractivity contribution in [1.29, 1.82) is 0 Å². The molecule has 0 atom stereocenters. The van der Waals surface area contributed by atoms with Gasteiger partial charge >= 0.3 is 0 Å². The van der Waals surface area contributed by atoms with Crippen molar-refractivity contribution in [2.24, 2.45) is 5.73 Å². The summed E-state index contributed by atoms with van der Waals surface area (Å²) in [6.07, 6.45) is 20.1. The fourth-order valence-corrected chi connectivity index (χ4v) is 2.83. The van der Waals surface area contributed by atoms with E-state index in [1.165, 1.54) is 96.4 Å². The highest BCUT2D eigenvalue weighted by Crippen LogP contribution is 2.13. The van der Waals surface area contributed by atoms with Crippen LogP contribution in [0, 0.1) is 0 Å². The van der Waals surface area contributed by atoms with Gasteiger partial charge < -0.3 is 4.48 Å². The van der Waals surface area contributed by atoms with E-state index in [-0.39, 0.29) is 0 Å². The molecule has 0 unspecified atom stereocenters. The van der Waals surface area contributed by atoms with Gasteiger partial charge in [-0.3, -0.25) is 5.73 Å². The van der Waals surface area contributed by atoms with Crippen LogP contribution >= 0.6 is 0 Å². The molecule has 0 rings (SSSR count). The number of nitrogens with zero attached hydrogens (tertiary/aromatic N) is 1. The number of rotatable bonds is 16. The van der Waals surface area contributed by atoms with Gasteiger partial charge in [-0.2, -0.15) is 0 Å². The quantitative estimate of drug-likeness (QED) is 0.228. The van der Waals surface area contributed by atoms with Gasteiger partial charge in [0.2, 0.25) is 0 Å². The molecule has 0 aromatic carbocycles. The van der Waals surface area contributed by atoms with Crippen LogP contribution in [-0.2, 0) is 0 Å². The summed E-state index contributed by atoms with van der Waals surface area (Å²) in [5.41, 5.74) is 5.73. The van der Waals surface area contributed by atoms with Crippen LogP contribution in [0.2, 0.25) is 0 Å². The first-order valence-electron chi connectivity index (χ1n) is 9.64. The Morgan fingerprint density at radius 1 is 0.571 bits per heavy atom. The van der Waals surface area contributed by atoms with Crippen LogP contribution in [0.25, 0.3) is 0 Å². The third kappa shape index (κ3) is 16.1. The smallest absolute Gasteiger partial charge is 0.129 e. The van der Waals surface area contributed by atoms with Gasteiger partial charge in [0.25, 0.3) is 0 Å². The fourth-order valence-electron chi connectivity index (χ4n) is 2.83. The first-order valence-corrected chi connectivity index (χ1v) is 9.64. The molecule has 0 amide bonds. The van der Waals surface area contributed by atoms with Crippen LogP contribution in [0.15, 0.2) is 0 Å². The third-order valence-electron chi connectivity index (χ3n) is 4.61. The largest absolute Gasteiger partial charge is 0.316 e. The van der Waals surface area contributed by atoms with Crippen molar-refractivity contribution < 1.29 is 4.48 Å². The normalized spacial score (nSPS) is 12.0. The van der Waals surface area contributed by atoms with E-state index in [4.69, 9.17) is 5.73 Å². The van der Waals surface area contributed by atoms with Crippen molar-refractivity contribution in [3.63, 3.8) is 0 Å². The second kappa shape index (κ2) is 14.8. The van der Waals surface area contributed by atoms with E-state index in [1.807, 2.05) is 0 Å². The fraction of sp³-hybridized carbons (Fsp3) is 1.00. The molecule has 0 fully saturated rings. The minimum atomic E-state index is 0.762. The van der Waals surface area contributed by atoms with Crippen LogP contribution < -0.4 is 5.73 Å². The number of hydrogen-bond donors (Lipinski definition) is 1. The molecule has 0 aliphatic heterocycles. The van der Waals surface area contributed by atoms with E-state index in [1.54, 1.807) is 0 Å². The first kappa shape index (κ1) is 20.9. The van der Waals surface area contributed by atoms with Crippen molar-refractivity contribution in [2.75, 3.05) is 27.3 Å². The Balaban J connectivity index is 3.06. The van der Waals surface area contributed by atoms with Gasteiger partial charge in [0.1, 0.15) is 6.67 Å². The van der Waals surface area contributed by atoms with E-state index in [0.29, 0.717) is 0 Å². The van der Waals surface area contributed by atoms with Gasteiger partial charge in [-0.25, -0.2) is 0 Å². The maximum atomic E-state index is 5.73. The van der Waals surface area contributed by atoms with Gasteiger partial charge in [-0.1, -0.05) is 84.0 Å². The van der Waals surface area contributed by atoms with Crippen molar-refractivity contribution in [2.45, 2.75) is 96.8 Å². The number of unbranched alkanes of at least 4 members (excludes halogenated alkanes) is 13. The number of nitrogens with two attached hydrogens (primary N) is 1. The predicted molar refractivity (Wildman–Crippen MR) is 96.3 cm³/mol. The summed E-state index contributed by atoms with van der Waals surface area (Å²) in [6, 6.07) is 0. The summed E-state index contributed by atoms with van der Waals surface area (Å²) in [4.78, 5) is 0. The Morgan fingerprint density at radius 2 is 0.905 bits per heavy atom. The van der Waals surface area contributed by atoms with Gasteiger partial charge in [0.15, 0.2) is 0 Å². The van der Waals surface area contributed by atoms with E-state index in [9.17, 15) is 0 Å². The molecular formula is C19H43N2+. The van der Waals surface area contributed by atoms with Gasteiger partial charge in [-0.05, 0) is 12.8 Å². The molecule has 0 saturated heterocycles. The van der Waals surface area contributed by atoms with E-state index < -0.39 is 0 Å². The molecule has 0 aliphatic rings. The molecule has 0 aromatic rings. The van der Waals surface area contributed by atoms with E-state index in [0.717, 1.165) is 11.2 Å². The summed E-state index contributed by atoms with van der Waals surface area (Å²) >= 11 is 0. The minimum Gasteiger partial charge on any atom is -0.316 e. The Bertz CT molecular complexity index is 202. The van der Waals surface area contributed by atoms with Crippen LogP contribution in [0.5, 0.6) is 0 Å². The van der Waals surface area contributed by atoms with Crippen LogP contribution in [0.4, 0.5) is 0 Å². The highest BCUT2D eigenvalue weighted by molar-refractivity contribution is 4.49. The summed E-state index contributed by atoms with van der Waals surface area (Å²) < 4.78 is 0.970. The zero-order chi connectivity index (χ0) is 15.8. The van der Waals surface area contributed by atoms with Gasteiger partial charge in [0.05, 0.1) is 20.6 Å². The molecule has 2 N–H and O–H groups in total. The Labute approximate surface area is 135 Å². The van der Waals surface area contributed by atoms with Crippen molar-refractivity contribution in [3.05, 3.63) is 0 Å². The average Bonchev–Trinajstić information content (AvgIpc) is 2.47. The number of hydrogen-bond acceptors (Lipinski definition) is 1. The molecule has 21 heavy (non-hydrogen) atoms. The predicted octanol–water partition coefficient (Wildman–Crippen LogP) is 5.46. The summed E-state index contributed by atoms with van der Waals surface area (Å²) in [6.45, 7) is 4.28. The topological polar surface area (TPSA) is 26.0 Å². The molecule has 2 heteroatoms. The summed E-state index contributed by atoms with van der Waals surface area (Å²) in [5.74, 6) is 0. The summed E-state index contributed by atoms with van der Waals surface area (Å²) in [5, 5.41) is 0. The maximum Gasteiger partial charge on any atom is 0.129 e. The summed E-state index contributed by atoms with van der Waals surface area (Å²) in [7, 11) is 4.45. The Hall–Kier alpha value is -0.0800. The molecule has 0 aromatic heterocycles. The highest BCUT2D eigenvalue weighted by Gasteiger charge is 2.10. The van der Waals surface area contributed by atoms with Gasteiger partial charge in [0, 0.05) is 0 Å². The zero-order valence-electron chi connectivity index (χ0n) is 15.3. The molecule has 2 nitrogen and oxygen atoms in total. The monoisotopic (exact) mass is 299 g/mol. The van der Waals surface area contributed by atoms with Crippen LogP contribution in [0.3, 0.4) is 0 Å². The van der Waals surface area contributed by atoms with Crippen molar-refractivity contribution in [1.82, 2.24) is 0 Å². The van der Waals surface area contributed by atoms with Crippen molar-refractivity contribution in [3.8, 4) is 0 Å². The van der Waals surface area contributed by atoms with Crippen LogP contribution in [-0.4, -0.2) is 31.8 Å². The second-order valence-electron chi connectivity index (χ2n) is 7.44. The Morgan fingerprint density at radius 3 is 1.24 bits per heavy atom. The lowest BCUT2D eigenvalue weighted by Crippen LogP contribution is -2.44. The molecule has 0 spiro atoms. The molecule has 0 heterocycles. The molecule has 128 valence electrons. The maximum absolute atomic E-state index is 5.73. The zero-order valence-corrected chi connectivity index (χ0v) is 15.3.